The van der Waals surface area contributed by atoms with Gasteiger partial charge in [0.2, 0.25) is 0 Å². The van der Waals surface area contributed by atoms with E-state index in [2.05, 4.69) is 33.4 Å². The van der Waals surface area contributed by atoms with Crippen LogP contribution in [-0.4, -0.2) is 17.0 Å². The number of nitriles is 1. The molecule has 0 saturated carbocycles. The van der Waals surface area contributed by atoms with Crippen molar-refractivity contribution in [3.63, 3.8) is 0 Å². The third kappa shape index (κ3) is 5.21. The molecule has 5 heteroatoms. The van der Waals surface area contributed by atoms with E-state index in [0.29, 0.717) is 6.54 Å². The molecule has 3 rings (SSSR count). The van der Waals surface area contributed by atoms with Gasteiger partial charge in [-0.2, -0.15) is 5.26 Å². The van der Waals surface area contributed by atoms with E-state index in [1.165, 1.54) is 5.56 Å². The lowest BCUT2D eigenvalue weighted by molar-refractivity contribution is -0.117. The number of aromatic nitrogens is 1. The molecule has 1 N–H and O–H groups in total. The standard InChI is InChI=1S/C23H20BrN3O/c24-20-10-12-21(13-11-20)27-15-5-9-22(27)16-19(17-25)23(28)26-14-4-8-18-6-2-1-3-7-18/h1-3,5-7,9-13,15-16H,4,8,14H2,(H,26,28)/b19-16-. The maximum absolute atomic E-state index is 12.4. The SMILES string of the molecule is N#C/C(=C/c1cccn1-c1ccc(Br)cc1)C(=O)NCCCc1ccccc1. The lowest BCUT2D eigenvalue weighted by Crippen LogP contribution is -2.26. The summed E-state index contributed by atoms with van der Waals surface area (Å²) >= 11 is 3.43. The molecule has 3 aromatic rings. The Morgan fingerprint density at radius 2 is 1.82 bits per heavy atom. The highest BCUT2D eigenvalue weighted by Gasteiger charge is 2.10. The molecule has 0 unspecified atom stereocenters. The van der Waals surface area contributed by atoms with E-state index >= 15 is 0 Å². The molecule has 4 nitrogen and oxygen atoms in total. The van der Waals surface area contributed by atoms with Gasteiger partial charge in [0.05, 0.1) is 0 Å². The van der Waals surface area contributed by atoms with Gasteiger partial charge in [-0.05, 0) is 60.9 Å². The smallest absolute Gasteiger partial charge is 0.262 e. The number of amides is 1. The van der Waals surface area contributed by atoms with Crippen LogP contribution in [0.5, 0.6) is 0 Å². The van der Waals surface area contributed by atoms with E-state index in [9.17, 15) is 10.1 Å². The van der Waals surface area contributed by atoms with E-state index < -0.39 is 0 Å². The molecule has 0 spiro atoms. The molecule has 0 bridgehead atoms. The largest absolute Gasteiger partial charge is 0.351 e. The van der Waals surface area contributed by atoms with Gasteiger partial charge in [0.25, 0.3) is 5.91 Å². The molecule has 28 heavy (non-hydrogen) atoms. The Morgan fingerprint density at radius 3 is 2.54 bits per heavy atom. The first-order valence-electron chi connectivity index (χ1n) is 9.04. The first-order valence-corrected chi connectivity index (χ1v) is 9.84. The minimum absolute atomic E-state index is 0.0942. The number of carbonyl (C=O) groups is 1. The predicted molar refractivity (Wildman–Crippen MR) is 115 cm³/mol. The van der Waals surface area contributed by atoms with Crippen molar-refractivity contribution in [2.75, 3.05) is 6.54 Å². The van der Waals surface area contributed by atoms with Crippen LogP contribution in [0.15, 0.2) is 83.0 Å². The van der Waals surface area contributed by atoms with Crippen molar-refractivity contribution < 1.29 is 4.79 Å². The van der Waals surface area contributed by atoms with Crippen LogP contribution >= 0.6 is 15.9 Å². The second-order valence-electron chi connectivity index (χ2n) is 6.29. The average Bonchev–Trinajstić information content (AvgIpc) is 3.19. The number of rotatable bonds is 7. The van der Waals surface area contributed by atoms with Crippen LogP contribution in [0.2, 0.25) is 0 Å². The summed E-state index contributed by atoms with van der Waals surface area (Å²) < 4.78 is 2.93. The fourth-order valence-corrected chi connectivity index (χ4v) is 3.14. The van der Waals surface area contributed by atoms with Crippen molar-refractivity contribution in [1.82, 2.24) is 9.88 Å². The number of hydrogen-bond donors (Lipinski definition) is 1. The number of hydrogen-bond acceptors (Lipinski definition) is 2. The number of aryl methyl sites for hydroxylation is 1. The summed E-state index contributed by atoms with van der Waals surface area (Å²) in [7, 11) is 0. The van der Waals surface area contributed by atoms with Crippen molar-refractivity contribution in [3.8, 4) is 11.8 Å². The summed E-state index contributed by atoms with van der Waals surface area (Å²) in [6.07, 6.45) is 5.24. The second-order valence-corrected chi connectivity index (χ2v) is 7.21. The summed E-state index contributed by atoms with van der Waals surface area (Å²) in [5.41, 5.74) is 3.07. The molecular weight excluding hydrogens is 414 g/mol. The van der Waals surface area contributed by atoms with E-state index in [0.717, 1.165) is 28.7 Å². The summed E-state index contributed by atoms with van der Waals surface area (Å²) in [6.45, 7) is 0.528. The van der Waals surface area contributed by atoms with Crippen molar-refractivity contribution >= 4 is 27.9 Å². The lowest BCUT2D eigenvalue weighted by Gasteiger charge is -2.08. The average molecular weight is 434 g/mol. The summed E-state index contributed by atoms with van der Waals surface area (Å²) in [6, 6.07) is 23.8. The van der Waals surface area contributed by atoms with Crippen LogP contribution in [0, 0.1) is 11.3 Å². The van der Waals surface area contributed by atoms with Gasteiger partial charge in [0.15, 0.2) is 0 Å². The molecule has 0 aliphatic carbocycles. The van der Waals surface area contributed by atoms with Gasteiger partial charge in [-0.3, -0.25) is 4.79 Å². The van der Waals surface area contributed by atoms with Gasteiger partial charge in [0, 0.05) is 28.6 Å². The van der Waals surface area contributed by atoms with Crippen LogP contribution in [0.3, 0.4) is 0 Å². The zero-order valence-electron chi connectivity index (χ0n) is 15.3. The van der Waals surface area contributed by atoms with E-state index in [1.807, 2.05) is 71.4 Å². The molecule has 0 aliphatic heterocycles. The van der Waals surface area contributed by atoms with Crippen LogP contribution in [0.4, 0.5) is 0 Å². The molecule has 1 aromatic heterocycles. The normalized spacial score (nSPS) is 11.1. The summed E-state index contributed by atoms with van der Waals surface area (Å²) in [5.74, 6) is -0.348. The van der Waals surface area contributed by atoms with Gasteiger partial charge in [0.1, 0.15) is 11.6 Å². The fourth-order valence-electron chi connectivity index (χ4n) is 2.88. The quantitative estimate of drug-likeness (QED) is 0.327. The summed E-state index contributed by atoms with van der Waals surface area (Å²) in [5, 5.41) is 12.3. The maximum Gasteiger partial charge on any atom is 0.262 e. The highest BCUT2D eigenvalue weighted by Crippen LogP contribution is 2.18. The number of nitrogens with zero attached hydrogens (tertiary/aromatic N) is 2. The van der Waals surface area contributed by atoms with E-state index in [4.69, 9.17) is 0 Å². The Bertz CT molecular complexity index is 998. The van der Waals surface area contributed by atoms with Crippen LogP contribution in [0.25, 0.3) is 11.8 Å². The Labute approximate surface area is 173 Å². The molecule has 0 aliphatic rings. The third-order valence-electron chi connectivity index (χ3n) is 4.31. The molecule has 0 saturated heterocycles. The predicted octanol–water partition coefficient (Wildman–Crippen LogP) is 4.90. The van der Waals surface area contributed by atoms with Crippen molar-refractivity contribution in [3.05, 3.63) is 94.2 Å². The Kier molecular flexibility index (Phi) is 6.83. The van der Waals surface area contributed by atoms with Crippen molar-refractivity contribution in [2.45, 2.75) is 12.8 Å². The summed E-state index contributed by atoms with van der Waals surface area (Å²) in [4.78, 5) is 12.4. The zero-order chi connectivity index (χ0) is 19.8. The number of halogens is 1. The molecule has 0 radical (unpaired) electrons. The molecule has 140 valence electrons. The lowest BCUT2D eigenvalue weighted by atomic mass is 10.1. The number of benzene rings is 2. The van der Waals surface area contributed by atoms with Crippen molar-refractivity contribution in [1.29, 1.82) is 5.26 Å². The highest BCUT2D eigenvalue weighted by molar-refractivity contribution is 9.10. The van der Waals surface area contributed by atoms with E-state index in [1.54, 1.807) is 6.08 Å². The van der Waals surface area contributed by atoms with Crippen LogP contribution in [-0.2, 0) is 11.2 Å². The van der Waals surface area contributed by atoms with Gasteiger partial charge >= 0.3 is 0 Å². The molecule has 0 atom stereocenters. The molecule has 2 aromatic carbocycles. The minimum atomic E-state index is -0.348. The minimum Gasteiger partial charge on any atom is -0.351 e. The van der Waals surface area contributed by atoms with E-state index in [-0.39, 0.29) is 11.5 Å². The number of carbonyl (C=O) groups excluding carboxylic acids is 1. The van der Waals surface area contributed by atoms with Crippen molar-refractivity contribution in [2.24, 2.45) is 0 Å². The maximum atomic E-state index is 12.4. The van der Waals surface area contributed by atoms with Gasteiger partial charge < -0.3 is 9.88 Å². The molecule has 0 fully saturated rings. The zero-order valence-corrected chi connectivity index (χ0v) is 16.9. The first kappa shape index (κ1) is 19.7. The fraction of sp³-hybridized carbons (Fsp3) is 0.130. The topological polar surface area (TPSA) is 57.8 Å². The highest BCUT2D eigenvalue weighted by atomic mass is 79.9. The number of nitrogens with one attached hydrogen (secondary N) is 1. The monoisotopic (exact) mass is 433 g/mol. The van der Waals surface area contributed by atoms with Crippen LogP contribution < -0.4 is 5.32 Å². The van der Waals surface area contributed by atoms with Gasteiger partial charge in [-0.25, -0.2) is 0 Å². The van der Waals surface area contributed by atoms with Gasteiger partial charge in [-0.1, -0.05) is 46.3 Å². The Morgan fingerprint density at radius 1 is 1.07 bits per heavy atom. The van der Waals surface area contributed by atoms with Gasteiger partial charge in [-0.15, -0.1) is 0 Å². The third-order valence-corrected chi connectivity index (χ3v) is 4.84. The Balaban J connectivity index is 1.64. The molecule has 1 amide bonds. The Hall–Kier alpha value is -3.10. The molecular formula is C23H20BrN3O. The van der Waals surface area contributed by atoms with Crippen LogP contribution in [0.1, 0.15) is 17.7 Å². The molecule has 1 heterocycles. The second kappa shape index (κ2) is 9.72. The first-order chi connectivity index (χ1) is 13.7.